The van der Waals surface area contributed by atoms with Gasteiger partial charge in [0, 0.05) is 32.4 Å². The van der Waals surface area contributed by atoms with Gasteiger partial charge in [0.05, 0.1) is 5.76 Å². The van der Waals surface area contributed by atoms with Gasteiger partial charge in [-0.05, 0) is 76.4 Å². The van der Waals surface area contributed by atoms with E-state index in [-0.39, 0.29) is 37.1 Å². The van der Waals surface area contributed by atoms with Crippen LogP contribution in [0.2, 0.25) is 0 Å². The number of aliphatic hydroxyl groups is 1. The molecule has 4 heteroatoms. The molecule has 1 aliphatic carbocycles. The number of ketones is 1. The topological polar surface area (TPSA) is 50.2 Å². The largest absolute Gasteiger partial charge is 0.512 e. The number of nitrogens with zero attached hydrogens (tertiary/aromatic N) is 1. The maximum atomic E-state index is 10.0. The van der Waals surface area contributed by atoms with Crippen LogP contribution in [0.3, 0.4) is 0 Å². The summed E-state index contributed by atoms with van der Waals surface area (Å²) in [6.45, 7) is 12.0. The molecule has 231 valence electrons. The Balaban J connectivity index is 0.000000519. The van der Waals surface area contributed by atoms with Gasteiger partial charge >= 0.3 is 0 Å². The second kappa shape index (κ2) is 14.3. The summed E-state index contributed by atoms with van der Waals surface area (Å²) in [7, 11) is 0. The van der Waals surface area contributed by atoms with E-state index in [1.54, 1.807) is 0 Å². The van der Waals surface area contributed by atoms with Gasteiger partial charge in [0.15, 0.2) is 5.78 Å². The maximum Gasteiger partial charge on any atom is 0.155 e. The van der Waals surface area contributed by atoms with Crippen LogP contribution in [0.1, 0.15) is 63.8 Å². The zero-order valence-corrected chi connectivity index (χ0v) is 29.2. The van der Waals surface area contributed by atoms with E-state index >= 15 is 0 Å². The van der Waals surface area contributed by atoms with E-state index in [2.05, 4.69) is 131 Å². The second-order valence-corrected chi connectivity index (χ2v) is 12.5. The molecule has 0 bridgehead atoms. The molecule has 0 fully saturated rings. The van der Waals surface area contributed by atoms with E-state index in [0.29, 0.717) is 5.92 Å². The molecule has 0 amide bonds. The number of aromatic nitrogens is 1. The molecule has 1 radical (unpaired) electrons. The molecule has 4 aromatic carbocycles. The van der Waals surface area contributed by atoms with E-state index in [4.69, 9.17) is 10.1 Å². The van der Waals surface area contributed by atoms with Gasteiger partial charge in [0.1, 0.15) is 0 Å². The summed E-state index contributed by atoms with van der Waals surface area (Å²) in [4.78, 5) is 14.9. The zero-order chi connectivity index (χ0) is 31.4. The van der Waals surface area contributed by atoms with E-state index in [9.17, 15) is 4.79 Å². The first-order valence-corrected chi connectivity index (χ1v) is 15.2. The van der Waals surface area contributed by atoms with Gasteiger partial charge in [0.25, 0.3) is 0 Å². The molecule has 1 aromatic heterocycles. The average Bonchev–Trinajstić information content (AvgIpc) is 3.26. The van der Waals surface area contributed by atoms with E-state index in [0.717, 1.165) is 17.7 Å². The predicted molar refractivity (Wildman–Crippen MR) is 184 cm³/mol. The van der Waals surface area contributed by atoms with Crippen molar-refractivity contribution in [1.82, 2.24) is 4.98 Å². The fourth-order valence-electron chi connectivity index (χ4n) is 6.08. The number of carbonyl (C=O) groups excluding carboxylic acids is 1. The average molecular weight is 771 g/mol. The minimum absolute atomic E-state index is 0. The molecule has 0 saturated carbocycles. The number of benzene rings is 4. The number of hydrogen-bond donors (Lipinski definition) is 1. The van der Waals surface area contributed by atoms with Crippen molar-refractivity contribution in [2.75, 3.05) is 0 Å². The monoisotopic (exact) mass is 771 g/mol. The number of rotatable bonds is 6. The third kappa shape index (κ3) is 7.59. The van der Waals surface area contributed by atoms with Crippen LogP contribution in [-0.4, -0.2) is 15.9 Å². The number of aliphatic hydroxyl groups excluding tert-OH is 1. The molecule has 3 nitrogen and oxygen atoms in total. The molecule has 6 rings (SSSR count). The van der Waals surface area contributed by atoms with Crippen molar-refractivity contribution in [3.63, 3.8) is 0 Å². The van der Waals surface area contributed by atoms with Gasteiger partial charge in [-0.15, -0.1) is 23.3 Å². The van der Waals surface area contributed by atoms with Crippen molar-refractivity contribution in [3.05, 3.63) is 137 Å². The molecule has 1 N–H and O–H groups in total. The van der Waals surface area contributed by atoms with Crippen LogP contribution in [-0.2, 0) is 36.7 Å². The van der Waals surface area contributed by atoms with Crippen molar-refractivity contribution < 1.29 is 30.0 Å². The van der Waals surface area contributed by atoms with Crippen LogP contribution in [0, 0.1) is 12.0 Å². The summed E-state index contributed by atoms with van der Waals surface area (Å²) < 4.78 is 0. The molecule has 0 atom stereocenters. The number of pyridine rings is 1. The Morgan fingerprint density at radius 2 is 1.56 bits per heavy atom. The number of carbonyl (C=O) groups is 1. The summed E-state index contributed by atoms with van der Waals surface area (Å²) in [5.74, 6) is 0.568. The van der Waals surface area contributed by atoms with Crippen LogP contribution in [0.4, 0.5) is 0 Å². The SMILES string of the molecule is CC(=O)/C=C(/C)O.CC(C)Cc1ccc2c(-c3[c-]c4c(c(-c5ccccc5)c3)C=C(c3ccccc3)C4(C)C)nccc2c1.[Ir]. The zero-order valence-electron chi connectivity index (χ0n) is 26.8. The van der Waals surface area contributed by atoms with Crippen LogP contribution in [0.25, 0.3) is 44.8 Å². The van der Waals surface area contributed by atoms with Gasteiger partial charge in [-0.25, -0.2) is 0 Å². The Hall–Kier alpha value is -4.11. The number of allylic oxidation sites excluding steroid dienone is 3. The first-order chi connectivity index (χ1) is 21.0. The van der Waals surface area contributed by atoms with Crippen molar-refractivity contribution in [2.24, 2.45) is 5.92 Å². The summed E-state index contributed by atoms with van der Waals surface area (Å²) in [6, 6.07) is 36.6. The Labute approximate surface area is 281 Å². The molecule has 45 heavy (non-hydrogen) atoms. The molecule has 1 aliphatic rings. The Morgan fingerprint density at radius 1 is 0.911 bits per heavy atom. The van der Waals surface area contributed by atoms with E-state index in [1.165, 1.54) is 69.6 Å². The summed E-state index contributed by atoms with van der Waals surface area (Å²) >= 11 is 0. The second-order valence-electron chi connectivity index (χ2n) is 12.5. The van der Waals surface area contributed by atoms with Gasteiger partial charge in [-0.2, -0.15) is 0 Å². The van der Waals surface area contributed by atoms with Crippen LogP contribution in [0.15, 0.2) is 109 Å². The minimum Gasteiger partial charge on any atom is -0.512 e. The van der Waals surface area contributed by atoms with Crippen LogP contribution >= 0.6 is 0 Å². The predicted octanol–water partition coefficient (Wildman–Crippen LogP) is 10.4. The summed E-state index contributed by atoms with van der Waals surface area (Å²) in [6.07, 6.45) is 6.57. The Kier molecular flexibility index (Phi) is 10.8. The molecule has 5 aromatic rings. The molecule has 0 saturated heterocycles. The van der Waals surface area contributed by atoms with Gasteiger partial charge in [-0.3, -0.25) is 4.79 Å². The van der Waals surface area contributed by atoms with E-state index < -0.39 is 0 Å². The molecular weight excluding hydrogens is 731 g/mol. The smallest absolute Gasteiger partial charge is 0.155 e. The first kappa shape index (κ1) is 33.8. The number of hydrogen-bond acceptors (Lipinski definition) is 3. The third-order valence-electron chi connectivity index (χ3n) is 8.00. The standard InChI is InChI=1S/C36H32N.C5H8O2.Ir/c1-24(2)19-25-15-16-30-28(20-25)17-18-37-35(30)29-21-31(26-11-7-5-8-12-26)32-23-33(27-13-9-6-10-14-27)36(3,4)34(32)22-29;1-4(6)3-5(2)7;/h5-18,20-21,23-24H,19H2,1-4H3;3,6H,1-2H3;/q-1;;/b;4-3-;. The molecule has 0 spiro atoms. The van der Waals surface area contributed by atoms with Gasteiger partial charge in [0.2, 0.25) is 0 Å². The summed E-state index contributed by atoms with van der Waals surface area (Å²) in [5.41, 5.74) is 10.8. The van der Waals surface area contributed by atoms with Gasteiger partial charge in [-0.1, -0.05) is 124 Å². The fraction of sp³-hybridized carbons (Fsp3) is 0.220. The van der Waals surface area contributed by atoms with Crippen LogP contribution < -0.4 is 0 Å². The third-order valence-corrected chi connectivity index (χ3v) is 8.00. The fourth-order valence-corrected chi connectivity index (χ4v) is 6.08. The van der Waals surface area contributed by atoms with Crippen molar-refractivity contribution in [2.45, 2.75) is 53.4 Å². The van der Waals surface area contributed by atoms with Crippen molar-refractivity contribution >= 4 is 28.2 Å². The minimum atomic E-state index is -0.175. The first-order valence-electron chi connectivity index (χ1n) is 15.2. The Bertz CT molecular complexity index is 1870. The quantitative estimate of drug-likeness (QED) is 0.106. The Morgan fingerprint density at radius 3 is 2.13 bits per heavy atom. The van der Waals surface area contributed by atoms with Crippen LogP contribution in [0.5, 0.6) is 0 Å². The van der Waals surface area contributed by atoms with E-state index in [1.807, 2.05) is 6.20 Å². The molecular formula is C41H40IrNO2-. The van der Waals surface area contributed by atoms with Crippen molar-refractivity contribution in [3.8, 4) is 22.4 Å². The maximum absolute atomic E-state index is 10.0. The molecule has 0 aliphatic heterocycles. The molecule has 0 unspecified atom stereocenters. The summed E-state index contributed by atoms with van der Waals surface area (Å²) in [5, 5.41) is 10.8. The van der Waals surface area contributed by atoms with Crippen molar-refractivity contribution in [1.29, 1.82) is 0 Å². The normalized spacial score (nSPS) is 13.4. The number of fused-ring (bicyclic) bond motifs is 2. The van der Waals surface area contributed by atoms with Gasteiger partial charge < -0.3 is 10.1 Å². The molecule has 1 heterocycles.